The Morgan fingerprint density at radius 3 is 2.88 bits per heavy atom. The van der Waals surface area contributed by atoms with E-state index in [0.29, 0.717) is 0 Å². The summed E-state index contributed by atoms with van der Waals surface area (Å²) in [4.78, 5) is 4.11. The number of hydrogen-bond acceptors (Lipinski definition) is 2. The Morgan fingerprint density at radius 2 is 2.18 bits per heavy atom. The first-order valence-corrected chi connectivity index (χ1v) is 6.50. The van der Waals surface area contributed by atoms with Crippen molar-refractivity contribution in [2.75, 3.05) is 5.32 Å². The summed E-state index contributed by atoms with van der Waals surface area (Å²) in [7, 11) is 0. The van der Waals surface area contributed by atoms with Crippen LogP contribution in [0, 0.1) is 0 Å². The lowest BCUT2D eigenvalue weighted by Crippen LogP contribution is -2.02. The number of pyridine rings is 1. The Hall–Kier alpha value is -1.35. The maximum absolute atomic E-state index is 4.11. The van der Waals surface area contributed by atoms with Gasteiger partial charge in [-0.3, -0.25) is 4.98 Å². The van der Waals surface area contributed by atoms with Crippen LogP contribution in [0.5, 0.6) is 0 Å². The van der Waals surface area contributed by atoms with Crippen molar-refractivity contribution in [3.63, 3.8) is 0 Å². The topological polar surface area (TPSA) is 24.9 Å². The van der Waals surface area contributed by atoms with Crippen molar-refractivity contribution in [1.82, 2.24) is 4.98 Å². The maximum atomic E-state index is 4.11. The fraction of sp³-hybridized carbons (Fsp3) is 0.214. The molecule has 1 heterocycles. The first kappa shape index (κ1) is 12.1. The largest absolute Gasteiger partial charge is 0.381 e. The highest BCUT2D eigenvalue weighted by molar-refractivity contribution is 9.10. The molecule has 0 unspecified atom stereocenters. The van der Waals surface area contributed by atoms with Gasteiger partial charge in [0.15, 0.2) is 0 Å². The molecule has 1 aromatic carbocycles. The Labute approximate surface area is 110 Å². The van der Waals surface area contributed by atoms with E-state index in [-0.39, 0.29) is 0 Å². The van der Waals surface area contributed by atoms with Gasteiger partial charge in [0, 0.05) is 29.1 Å². The van der Waals surface area contributed by atoms with Crippen molar-refractivity contribution in [2.45, 2.75) is 19.9 Å². The van der Waals surface area contributed by atoms with Crippen LogP contribution < -0.4 is 5.32 Å². The van der Waals surface area contributed by atoms with E-state index >= 15 is 0 Å². The Bertz CT molecular complexity index is 483. The van der Waals surface area contributed by atoms with Crippen molar-refractivity contribution >= 4 is 21.6 Å². The van der Waals surface area contributed by atoms with Crippen LogP contribution in [0.1, 0.15) is 18.1 Å². The Morgan fingerprint density at radius 1 is 1.29 bits per heavy atom. The van der Waals surface area contributed by atoms with Gasteiger partial charge in [-0.1, -0.05) is 28.9 Å². The standard InChI is InChI=1S/C14H15BrN2/c1-2-12-8-13(15)5-6-14(12)17-10-11-4-3-7-16-9-11/h3-9,17H,2,10H2,1H3. The van der Waals surface area contributed by atoms with Crippen LogP contribution in [0.3, 0.4) is 0 Å². The second-order valence-corrected chi connectivity index (χ2v) is 4.79. The van der Waals surface area contributed by atoms with E-state index in [9.17, 15) is 0 Å². The lowest BCUT2D eigenvalue weighted by atomic mass is 10.1. The quantitative estimate of drug-likeness (QED) is 0.920. The van der Waals surface area contributed by atoms with E-state index in [4.69, 9.17) is 0 Å². The molecule has 1 N–H and O–H groups in total. The molecule has 0 aliphatic rings. The van der Waals surface area contributed by atoms with Crippen LogP contribution in [-0.2, 0) is 13.0 Å². The van der Waals surface area contributed by atoms with Gasteiger partial charge in [0.2, 0.25) is 0 Å². The minimum Gasteiger partial charge on any atom is -0.381 e. The van der Waals surface area contributed by atoms with Crippen molar-refractivity contribution in [3.05, 3.63) is 58.3 Å². The average Bonchev–Trinajstić information content (AvgIpc) is 2.38. The average molecular weight is 291 g/mol. The number of nitrogens with one attached hydrogen (secondary N) is 1. The number of halogens is 1. The predicted octanol–water partition coefficient (Wildman–Crippen LogP) is 4.02. The Kier molecular flexibility index (Phi) is 4.15. The summed E-state index contributed by atoms with van der Waals surface area (Å²) < 4.78 is 1.13. The van der Waals surface area contributed by atoms with Gasteiger partial charge in [0.1, 0.15) is 0 Å². The molecule has 0 spiro atoms. The third kappa shape index (κ3) is 3.30. The number of hydrogen-bond donors (Lipinski definition) is 1. The molecule has 0 fully saturated rings. The van der Waals surface area contributed by atoms with Crippen LogP contribution in [0.15, 0.2) is 47.2 Å². The molecule has 1 aromatic heterocycles. The Balaban J connectivity index is 2.09. The molecule has 0 bridgehead atoms. The van der Waals surface area contributed by atoms with Crippen molar-refractivity contribution in [2.24, 2.45) is 0 Å². The highest BCUT2D eigenvalue weighted by Crippen LogP contribution is 2.22. The van der Waals surface area contributed by atoms with Gasteiger partial charge in [0.05, 0.1) is 0 Å². The molecule has 88 valence electrons. The summed E-state index contributed by atoms with van der Waals surface area (Å²) in [6.45, 7) is 2.97. The molecule has 0 atom stereocenters. The van der Waals surface area contributed by atoms with Gasteiger partial charge in [-0.2, -0.15) is 0 Å². The van der Waals surface area contributed by atoms with Crippen molar-refractivity contribution in [3.8, 4) is 0 Å². The predicted molar refractivity (Wildman–Crippen MR) is 75.1 cm³/mol. The summed E-state index contributed by atoms with van der Waals surface area (Å²) in [5.41, 5.74) is 3.71. The molecule has 17 heavy (non-hydrogen) atoms. The second kappa shape index (κ2) is 5.82. The van der Waals surface area contributed by atoms with E-state index in [1.54, 1.807) is 6.20 Å². The summed E-state index contributed by atoms with van der Waals surface area (Å²) >= 11 is 3.50. The number of aryl methyl sites for hydroxylation is 1. The molecule has 2 nitrogen and oxygen atoms in total. The minimum absolute atomic E-state index is 0.808. The fourth-order valence-corrected chi connectivity index (χ4v) is 2.14. The van der Waals surface area contributed by atoms with Gasteiger partial charge in [-0.15, -0.1) is 0 Å². The third-order valence-corrected chi connectivity index (χ3v) is 3.15. The number of benzene rings is 1. The molecule has 0 radical (unpaired) electrons. The first-order valence-electron chi connectivity index (χ1n) is 5.71. The van der Waals surface area contributed by atoms with Crippen LogP contribution >= 0.6 is 15.9 Å². The lowest BCUT2D eigenvalue weighted by Gasteiger charge is -2.11. The monoisotopic (exact) mass is 290 g/mol. The van der Waals surface area contributed by atoms with Crippen LogP contribution in [-0.4, -0.2) is 4.98 Å². The summed E-state index contributed by atoms with van der Waals surface area (Å²) in [5, 5.41) is 3.45. The second-order valence-electron chi connectivity index (χ2n) is 3.87. The smallest absolute Gasteiger partial charge is 0.0416 e. The van der Waals surface area contributed by atoms with Crippen LogP contribution in [0.4, 0.5) is 5.69 Å². The SMILES string of the molecule is CCc1cc(Br)ccc1NCc1cccnc1. The zero-order valence-electron chi connectivity index (χ0n) is 9.78. The molecule has 3 heteroatoms. The van der Waals surface area contributed by atoms with E-state index in [2.05, 4.69) is 57.4 Å². The number of nitrogens with zero attached hydrogens (tertiary/aromatic N) is 1. The zero-order valence-corrected chi connectivity index (χ0v) is 11.4. The zero-order chi connectivity index (χ0) is 12.1. The first-order chi connectivity index (χ1) is 8.29. The molecule has 0 saturated heterocycles. The van der Waals surface area contributed by atoms with Gasteiger partial charge in [-0.05, 0) is 41.8 Å². The van der Waals surface area contributed by atoms with Crippen LogP contribution in [0.25, 0.3) is 0 Å². The van der Waals surface area contributed by atoms with Crippen molar-refractivity contribution in [1.29, 1.82) is 0 Å². The van der Waals surface area contributed by atoms with Crippen molar-refractivity contribution < 1.29 is 0 Å². The van der Waals surface area contributed by atoms with Crippen LogP contribution in [0.2, 0.25) is 0 Å². The fourth-order valence-electron chi connectivity index (χ4n) is 1.73. The number of anilines is 1. The molecule has 2 rings (SSSR count). The van der Waals surface area contributed by atoms with E-state index in [0.717, 1.165) is 17.4 Å². The lowest BCUT2D eigenvalue weighted by molar-refractivity contribution is 1.08. The van der Waals surface area contributed by atoms with Gasteiger partial charge in [-0.25, -0.2) is 0 Å². The van der Waals surface area contributed by atoms with Gasteiger partial charge >= 0.3 is 0 Å². The summed E-state index contributed by atoms with van der Waals surface area (Å²) in [6, 6.07) is 10.4. The summed E-state index contributed by atoms with van der Waals surface area (Å²) in [5.74, 6) is 0. The van der Waals surface area contributed by atoms with E-state index in [1.807, 2.05) is 12.3 Å². The van der Waals surface area contributed by atoms with E-state index in [1.165, 1.54) is 16.8 Å². The number of rotatable bonds is 4. The molecular formula is C14H15BrN2. The molecule has 0 aliphatic carbocycles. The van der Waals surface area contributed by atoms with Gasteiger partial charge < -0.3 is 5.32 Å². The molecule has 0 aliphatic heterocycles. The highest BCUT2D eigenvalue weighted by Gasteiger charge is 2.01. The third-order valence-electron chi connectivity index (χ3n) is 2.65. The van der Waals surface area contributed by atoms with E-state index < -0.39 is 0 Å². The number of aromatic nitrogens is 1. The maximum Gasteiger partial charge on any atom is 0.0416 e. The van der Waals surface area contributed by atoms with Gasteiger partial charge in [0.25, 0.3) is 0 Å². The normalized spacial score (nSPS) is 10.2. The molecule has 2 aromatic rings. The molecule has 0 amide bonds. The molecule has 0 saturated carbocycles. The minimum atomic E-state index is 0.808. The summed E-state index contributed by atoms with van der Waals surface area (Å²) in [6.07, 6.45) is 4.70. The molecular weight excluding hydrogens is 276 g/mol. The highest BCUT2D eigenvalue weighted by atomic mass is 79.9.